The molecule has 6 aromatic rings. The SMILES string of the molecule is Nc1c(N=Nc2ccc(C=Cc3ccc(N=Nc4cc(S(=O)(=O)O)c5cccc(S(=O)(=O)O)c5c4N)cc3S(=O)(=O)O)c(S(=O)(=O)O)c2)cc(S(=O)(=O)O)c2cccc(S(=O)(=O)O)c12.[Na]. The number of nitrogens with two attached hydrogens (primary N) is 2. The van der Waals surface area contributed by atoms with Crippen LogP contribution in [0.3, 0.4) is 0 Å². The molecule has 0 aliphatic heterocycles. The van der Waals surface area contributed by atoms with Crippen LogP contribution in [0.15, 0.2) is 135 Å². The number of anilines is 2. The molecule has 0 atom stereocenters. The van der Waals surface area contributed by atoms with Crippen molar-refractivity contribution in [1.82, 2.24) is 0 Å². The quantitative estimate of drug-likeness (QED) is 0.0255. The number of hydrogen-bond donors (Lipinski definition) is 8. The number of fused-ring (bicyclic) bond motifs is 2. The van der Waals surface area contributed by atoms with Gasteiger partial charge in [-0.1, -0.05) is 48.6 Å². The summed E-state index contributed by atoms with van der Waals surface area (Å²) >= 11 is 0. The van der Waals surface area contributed by atoms with Crippen LogP contribution in [-0.2, 0) is 60.7 Å². The van der Waals surface area contributed by atoms with Gasteiger partial charge in [-0.25, -0.2) is 0 Å². The Bertz CT molecular complexity index is 3560. The van der Waals surface area contributed by atoms with Crippen molar-refractivity contribution in [3.63, 3.8) is 0 Å². The van der Waals surface area contributed by atoms with Crippen LogP contribution in [-0.4, -0.2) is 107 Å². The molecule has 6 aromatic carbocycles. The van der Waals surface area contributed by atoms with Gasteiger partial charge in [0.25, 0.3) is 60.7 Å². The third-order valence-corrected chi connectivity index (χ3v) is 14.3. The standard InChI is InChI=1S/C34H26N6O18S6.Na/c35-33-23(15-29(63(53,54)55)21-3-1-5-25(31(21)33)59(41,42)43)39-37-19-11-9-17(27(13-19)61(47,48)49)7-8-18-10-12-20(14-28(18)62(50,51)52)38-40-24-16-30(64(56,57)58)22-4-2-6-26(60(44,45)46)32(22)34(24)36;/h1-16H,35-36H2,(H,41,42,43)(H,44,45,46)(H,47,48,49)(H,50,51,52)(H,53,54,55)(H,56,57,58);. The number of benzene rings is 6. The van der Waals surface area contributed by atoms with E-state index >= 15 is 0 Å². The van der Waals surface area contributed by atoms with E-state index in [2.05, 4.69) is 20.5 Å². The van der Waals surface area contributed by atoms with Gasteiger partial charge in [0.05, 0.1) is 22.7 Å². The van der Waals surface area contributed by atoms with E-state index in [0.717, 1.165) is 84.9 Å². The molecule has 0 heterocycles. The van der Waals surface area contributed by atoms with Gasteiger partial charge in [0.1, 0.15) is 40.7 Å². The monoisotopic (exact) mass is 1020 g/mol. The Morgan fingerprint density at radius 1 is 0.385 bits per heavy atom. The summed E-state index contributed by atoms with van der Waals surface area (Å²) in [6.45, 7) is 0. The summed E-state index contributed by atoms with van der Waals surface area (Å²) < 4.78 is 206. The molecule has 0 aliphatic carbocycles. The first-order valence-corrected chi connectivity index (χ1v) is 25.4. The molecule has 65 heavy (non-hydrogen) atoms. The van der Waals surface area contributed by atoms with Crippen molar-refractivity contribution in [3.05, 3.63) is 96.1 Å². The molecule has 6 rings (SSSR count). The second kappa shape index (κ2) is 17.9. The summed E-state index contributed by atoms with van der Waals surface area (Å²) in [5, 5.41) is 13.1. The molecule has 10 N–H and O–H groups in total. The molecule has 0 unspecified atom stereocenters. The summed E-state index contributed by atoms with van der Waals surface area (Å²) in [6, 6.07) is 13.3. The average molecular weight is 1020 g/mol. The minimum Gasteiger partial charge on any atom is -0.396 e. The van der Waals surface area contributed by atoms with Crippen LogP contribution in [0.5, 0.6) is 0 Å². The van der Waals surface area contributed by atoms with E-state index in [-0.39, 0.29) is 52.1 Å². The molecule has 24 nitrogen and oxygen atoms in total. The van der Waals surface area contributed by atoms with Crippen LogP contribution < -0.4 is 11.5 Å². The zero-order valence-corrected chi connectivity index (χ0v) is 39.1. The van der Waals surface area contributed by atoms with Crippen molar-refractivity contribution in [1.29, 1.82) is 0 Å². The Labute approximate surface area is 390 Å². The molecular weight excluding hydrogens is 996 g/mol. The second-order valence-electron chi connectivity index (χ2n) is 13.0. The van der Waals surface area contributed by atoms with E-state index < -0.39 is 134 Å². The first-order chi connectivity index (χ1) is 29.4. The molecule has 0 spiro atoms. The van der Waals surface area contributed by atoms with Crippen molar-refractivity contribution in [3.8, 4) is 0 Å². The number of rotatable bonds is 12. The maximum atomic E-state index is 12.5. The Morgan fingerprint density at radius 3 is 0.985 bits per heavy atom. The van der Waals surface area contributed by atoms with Crippen molar-refractivity contribution >= 4 is 158 Å². The minimum atomic E-state index is -5.14. The summed E-state index contributed by atoms with van der Waals surface area (Å²) in [5.74, 6) is 0. The van der Waals surface area contributed by atoms with Gasteiger partial charge in [0.2, 0.25) is 0 Å². The molecule has 0 aliphatic rings. The van der Waals surface area contributed by atoms with Gasteiger partial charge in [0, 0.05) is 51.1 Å². The number of nitrogen functional groups attached to an aromatic ring is 2. The molecule has 31 heteroatoms. The van der Waals surface area contributed by atoms with Crippen molar-refractivity contribution in [2.24, 2.45) is 20.5 Å². The van der Waals surface area contributed by atoms with Crippen LogP contribution in [0, 0.1) is 0 Å². The molecular formula is C34H26N6NaO18S6. The number of nitrogens with zero attached hydrogens (tertiary/aromatic N) is 4. The van der Waals surface area contributed by atoms with Crippen LogP contribution >= 0.6 is 0 Å². The van der Waals surface area contributed by atoms with Crippen LogP contribution in [0.4, 0.5) is 34.1 Å². The smallest absolute Gasteiger partial charge is 0.295 e. The average Bonchev–Trinajstić information content (AvgIpc) is 3.17. The third kappa shape index (κ3) is 10.9. The molecule has 0 saturated heterocycles. The van der Waals surface area contributed by atoms with Crippen LogP contribution in [0.1, 0.15) is 11.1 Å². The van der Waals surface area contributed by atoms with Crippen molar-refractivity contribution in [2.75, 3.05) is 11.5 Å². The maximum Gasteiger partial charge on any atom is 0.295 e. The molecule has 0 amide bonds. The summed E-state index contributed by atoms with van der Waals surface area (Å²) in [5.41, 5.74) is 8.55. The van der Waals surface area contributed by atoms with Crippen molar-refractivity contribution in [2.45, 2.75) is 29.4 Å². The van der Waals surface area contributed by atoms with Crippen LogP contribution in [0.25, 0.3) is 33.7 Å². The van der Waals surface area contributed by atoms with Gasteiger partial charge in [-0.3, -0.25) is 27.3 Å². The van der Waals surface area contributed by atoms with E-state index in [1.54, 1.807) is 0 Å². The molecule has 337 valence electrons. The van der Waals surface area contributed by atoms with E-state index in [9.17, 15) is 77.8 Å². The second-order valence-corrected chi connectivity index (χ2v) is 21.3. The Hall–Kier alpha value is -5.16. The maximum absolute atomic E-state index is 12.5. The van der Waals surface area contributed by atoms with E-state index in [4.69, 9.17) is 11.5 Å². The van der Waals surface area contributed by atoms with Gasteiger partial charge in [-0.15, -0.1) is 10.2 Å². The van der Waals surface area contributed by atoms with Crippen LogP contribution in [0.2, 0.25) is 0 Å². The van der Waals surface area contributed by atoms with Gasteiger partial charge >= 0.3 is 0 Å². The first kappa shape index (κ1) is 50.8. The fourth-order valence-corrected chi connectivity index (χ4v) is 10.4. The van der Waals surface area contributed by atoms with Crippen molar-refractivity contribution < 1.29 is 77.8 Å². The first-order valence-electron chi connectivity index (χ1n) is 16.7. The Kier molecular flexibility index (Phi) is 14.0. The molecule has 0 bridgehead atoms. The van der Waals surface area contributed by atoms with Gasteiger partial charge < -0.3 is 11.5 Å². The summed E-state index contributed by atoms with van der Waals surface area (Å²) in [6.07, 6.45) is 1.95. The molecule has 1 radical (unpaired) electrons. The predicted molar refractivity (Wildman–Crippen MR) is 232 cm³/mol. The number of azo groups is 2. The zero-order valence-electron chi connectivity index (χ0n) is 32.2. The van der Waals surface area contributed by atoms with Gasteiger partial charge in [-0.2, -0.15) is 60.7 Å². The van der Waals surface area contributed by atoms with E-state index in [1.807, 2.05) is 0 Å². The van der Waals surface area contributed by atoms with Gasteiger partial charge in [0.15, 0.2) is 0 Å². The molecule has 0 fully saturated rings. The van der Waals surface area contributed by atoms with E-state index in [0.29, 0.717) is 12.1 Å². The molecule has 0 saturated carbocycles. The molecule has 0 aromatic heterocycles. The van der Waals surface area contributed by atoms with Gasteiger partial charge in [-0.05, 0) is 59.7 Å². The zero-order chi connectivity index (χ0) is 47.5. The summed E-state index contributed by atoms with van der Waals surface area (Å²) in [7, 11) is -30.5. The Balaban J connectivity index is 0.00000793. The third-order valence-electron chi connectivity index (χ3n) is 8.86. The fourth-order valence-electron chi connectivity index (χ4n) is 6.16. The number of hydrogen-bond acceptors (Lipinski definition) is 18. The summed E-state index contributed by atoms with van der Waals surface area (Å²) in [4.78, 5) is -5.23. The normalized spacial score (nSPS) is 13.3. The van der Waals surface area contributed by atoms with E-state index in [1.165, 1.54) is 0 Å². The fraction of sp³-hybridized carbons (Fsp3) is 0. The predicted octanol–water partition coefficient (Wildman–Crippen LogP) is 5.26. The minimum absolute atomic E-state index is 0. The Morgan fingerprint density at radius 2 is 0.692 bits per heavy atom. The largest absolute Gasteiger partial charge is 0.396 e. The topological polar surface area (TPSA) is 428 Å².